The van der Waals surface area contributed by atoms with Gasteiger partial charge in [0.15, 0.2) is 0 Å². The third kappa shape index (κ3) is 4.37. The van der Waals surface area contributed by atoms with E-state index in [4.69, 9.17) is 39.5 Å². The number of nitrogens with zero attached hydrogens (tertiary/aromatic N) is 1. The molecular formula is C25H17Cl3FNO4. The van der Waals surface area contributed by atoms with Crippen LogP contribution in [0.15, 0.2) is 66.2 Å². The molecule has 1 unspecified atom stereocenters. The standard InChI is InChI=1S/C25H17Cl3FNO4/c1-2-34-16-8-9-18(27)17(12-16)23(31)21-22(13-3-5-14(26)6-4-13)30(25(33)24(21)32)15-7-10-20(29)19(28)11-15/h3-12,22,31H,2H2,1H3/b23-21+. The molecule has 9 heteroatoms. The molecule has 0 aliphatic carbocycles. The topological polar surface area (TPSA) is 66.8 Å². The molecule has 1 aliphatic rings. The molecule has 1 amide bonds. The van der Waals surface area contributed by atoms with Gasteiger partial charge in [0.25, 0.3) is 11.7 Å². The predicted molar refractivity (Wildman–Crippen MR) is 130 cm³/mol. The molecule has 4 rings (SSSR count). The van der Waals surface area contributed by atoms with E-state index >= 15 is 0 Å². The van der Waals surface area contributed by atoms with Gasteiger partial charge >= 0.3 is 0 Å². The van der Waals surface area contributed by atoms with Crippen molar-refractivity contribution in [3.05, 3.63) is 98.2 Å². The Hall–Kier alpha value is -3.06. The molecule has 0 spiro atoms. The highest BCUT2D eigenvalue weighted by atomic mass is 35.5. The highest BCUT2D eigenvalue weighted by Gasteiger charge is 2.47. The summed E-state index contributed by atoms with van der Waals surface area (Å²) < 4.78 is 19.3. The number of rotatable bonds is 5. The van der Waals surface area contributed by atoms with Gasteiger partial charge in [-0.3, -0.25) is 14.5 Å². The second-order valence-electron chi connectivity index (χ2n) is 7.39. The summed E-state index contributed by atoms with van der Waals surface area (Å²) >= 11 is 18.3. The molecule has 1 saturated heterocycles. The first-order valence-electron chi connectivity index (χ1n) is 10.2. The minimum Gasteiger partial charge on any atom is -0.507 e. The van der Waals surface area contributed by atoms with E-state index in [-0.39, 0.29) is 26.9 Å². The van der Waals surface area contributed by atoms with Crippen LogP contribution >= 0.6 is 34.8 Å². The number of hydrogen-bond donors (Lipinski definition) is 1. The summed E-state index contributed by atoms with van der Waals surface area (Å²) in [6.07, 6.45) is 0. The molecule has 1 aliphatic heterocycles. The van der Waals surface area contributed by atoms with Crippen molar-refractivity contribution in [1.82, 2.24) is 0 Å². The van der Waals surface area contributed by atoms with Gasteiger partial charge < -0.3 is 9.84 Å². The largest absolute Gasteiger partial charge is 0.507 e. The number of anilines is 1. The lowest BCUT2D eigenvalue weighted by Crippen LogP contribution is -2.29. The van der Waals surface area contributed by atoms with Crippen LogP contribution in [0.3, 0.4) is 0 Å². The monoisotopic (exact) mass is 519 g/mol. The third-order valence-corrected chi connectivity index (χ3v) is 6.19. The summed E-state index contributed by atoms with van der Waals surface area (Å²) in [4.78, 5) is 27.5. The smallest absolute Gasteiger partial charge is 0.300 e. The molecule has 0 bridgehead atoms. The van der Waals surface area contributed by atoms with E-state index in [9.17, 15) is 19.1 Å². The molecule has 5 nitrogen and oxygen atoms in total. The summed E-state index contributed by atoms with van der Waals surface area (Å²) in [6, 6.07) is 13.7. The Labute approximate surface area is 209 Å². The van der Waals surface area contributed by atoms with Crippen LogP contribution in [0.25, 0.3) is 5.76 Å². The number of ketones is 1. The molecule has 3 aromatic rings. The summed E-state index contributed by atoms with van der Waals surface area (Å²) in [5.41, 5.74) is 0.606. The number of hydrogen-bond acceptors (Lipinski definition) is 4. The highest BCUT2D eigenvalue weighted by Crippen LogP contribution is 2.44. The molecule has 3 aromatic carbocycles. The Balaban J connectivity index is 1.96. The highest BCUT2D eigenvalue weighted by molar-refractivity contribution is 6.52. The fourth-order valence-corrected chi connectivity index (χ4v) is 4.29. The maximum atomic E-state index is 13.8. The van der Waals surface area contributed by atoms with Crippen LogP contribution < -0.4 is 9.64 Å². The van der Waals surface area contributed by atoms with Crippen LogP contribution in [-0.4, -0.2) is 23.4 Å². The van der Waals surface area contributed by atoms with E-state index in [1.165, 1.54) is 24.3 Å². The van der Waals surface area contributed by atoms with Crippen molar-refractivity contribution in [1.29, 1.82) is 0 Å². The number of Topliss-reactive ketones (excluding diaryl/α,β-unsaturated/α-hetero) is 1. The van der Waals surface area contributed by atoms with E-state index in [0.29, 0.717) is 22.9 Å². The van der Waals surface area contributed by atoms with Crippen molar-refractivity contribution < 1.29 is 23.8 Å². The van der Waals surface area contributed by atoms with Crippen molar-refractivity contribution in [2.75, 3.05) is 11.5 Å². The molecule has 1 atom stereocenters. The van der Waals surface area contributed by atoms with Crippen LogP contribution in [0, 0.1) is 5.82 Å². The Morgan fingerprint density at radius 3 is 2.35 bits per heavy atom. The van der Waals surface area contributed by atoms with Crippen molar-refractivity contribution in [3.63, 3.8) is 0 Å². The van der Waals surface area contributed by atoms with E-state index < -0.39 is 29.3 Å². The molecule has 0 radical (unpaired) electrons. The van der Waals surface area contributed by atoms with E-state index in [1.54, 1.807) is 37.3 Å². The zero-order valence-corrected chi connectivity index (χ0v) is 20.0. The molecule has 34 heavy (non-hydrogen) atoms. The normalized spacial score (nSPS) is 17.3. The summed E-state index contributed by atoms with van der Waals surface area (Å²) in [5.74, 6) is -2.57. The summed E-state index contributed by atoms with van der Waals surface area (Å²) in [7, 11) is 0. The lowest BCUT2D eigenvalue weighted by atomic mass is 9.95. The quantitative estimate of drug-likeness (QED) is 0.228. The molecular weight excluding hydrogens is 504 g/mol. The lowest BCUT2D eigenvalue weighted by Gasteiger charge is -2.25. The number of aliphatic hydroxyl groups excluding tert-OH is 1. The second-order valence-corrected chi connectivity index (χ2v) is 8.64. The van der Waals surface area contributed by atoms with E-state index in [0.717, 1.165) is 11.0 Å². The maximum absolute atomic E-state index is 13.8. The Bertz CT molecular complexity index is 1320. The number of ether oxygens (including phenoxy) is 1. The van der Waals surface area contributed by atoms with Crippen molar-refractivity contribution in [3.8, 4) is 5.75 Å². The Morgan fingerprint density at radius 2 is 1.71 bits per heavy atom. The fraction of sp³-hybridized carbons (Fsp3) is 0.120. The number of halogens is 4. The minimum atomic E-state index is -1.05. The van der Waals surface area contributed by atoms with Crippen molar-refractivity contribution in [2.45, 2.75) is 13.0 Å². The van der Waals surface area contributed by atoms with Crippen molar-refractivity contribution >= 4 is 57.9 Å². The van der Waals surface area contributed by atoms with Crippen LogP contribution in [0.5, 0.6) is 5.75 Å². The van der Waals surface area contributed by atoms with Crippen LogP contribution in [-0.2, 0) is 9.59 Å². The van der Waals surface area contributed by atoms with Gasteiger partial charge in [0.1, 0.15) is 17.3 Å². The zero-order chi connectivity index (χ0) is 24.6. The maximum Gasteiger partial charge on any atom is 0.300 e. The predicted octanol–water partition coefficient (Wildman–Crippen LogP) is 6.81. The lowest BCUT2D eigenvalue weighted by molar-refractivity contribution is -0.132. The number of aliphatic hydroxyl groups is 1. The van der Waals surface area contributed by atoms with Gasteiger partial charge in [-0.15, -0.1) is 0 Å². The van der Waals surface area contributed by atoms with Crippen molar-refractivity contribution in [2.24, 2.45) is 0 Å². The molecule has 0 saturated carbocycles. The Morgan fingerprint density at radius 1 is 1.00 bits per heavy atom. The number of carbonyl (C=O) groups is 2. The van der Waals surface area contributed by atoms with Crippen LogP contribution in [0.2, 0.25) is 15.1 Å². The van der Waals surface area contributed by atoms with E-state index in [1.807, 2.05) is 0 Å². The average molecular weight is 521 g/mol. The molecule has 174 valence electrons. The first-order chi connectivity index (χ1) is 16.2. The van der Waals surface area contributed by atoms with Gasteiger partial charge in [-0.05, 0) is 61.0 Å². The molecule has 0 aromatic heterocycles. The number of amides is 1. The Kier molecular flexibility index (Phi) is 6.84. The fourth-order valence-electron chi connectivity index (χ4n) is 3.78. The van der Waals surface area contributed by atoms with Gasteiger partial charge in [-0.1, -0.05) is 46.9 Å². The van der Waals surface area contributed by atoms with Gasteiger partial charge in [-0.25, -0.2) is 4.39 Å². The average Bonchev–Trinajstić information content (AvgIpc) is 3.08. The molecule has 1 N–H and O–H groups in total. The summed E-state index contributed by atoms with van der Waals surface area (Å²) in [6.45, 7) is 2.18. The number of benzene rings is 3. The first-order valence-corrected chi connectivity index (χ1v) is 11.3. The third-order valence-electron chi connectivity index (χ3n) is 5.32. The van der Waals surface area contributed by atoms with Gasteiger partial charge in [0.05, 0.1) is 28.3 Å². The summed E-state index contributed by atoms with van der Waals surface area (Å²) in [5, 5.41) is 11.6. The van der Waals surface area contributed by atoms with Crippen LogP contribution in [0.1, 0.15) is 24.1 Å². The van der Waals surface area contributed by atoms with Gasteiger partial charge in [0, 0.05) is 16.3 Å². The van der Waals surface area contributed by atoms with E-state index in [2.05, 4.69) is 0 Å². The SMILES string of the molecule is CCOc1ccc(Cl)c(/C(O)=C2\C(=O)C(=O)N(c3ccc(F)c(Cl)c3)C2c2ccc(Cl)cc2)c1. The van der Waals surface area contributed by atoms with Gasteiger partial charge in [-0.2, -0.15) is 0 Å². The molecule has 1 fully saturated rings. The van der Waals surface area contributed by atoms with Crippen LogP contribution in [0.4, 0.5) is 10.1 Å². The van der Waals surface area contributed by atoms with Gasteiger partial charge in [0.2, 0.25) is 0 Å². The number of carbonyl (C=O) groups excluding carboxylic acids is 2. The zero-order valence-electron chi connectivity index (χ0n) is 17.7. The minimum absolute atomic E-state index is 0.127. The molecule has 1 heterocycles. The first kappa shape index (κ1) is 24.1. The second kappa shape index (κ2) is 9.66.